The number of nitrogens with one attached hydrogen (secondary N) is 1. The van der Waals surface area contributed by atoms with Gasteiger partial charge in [0.15, 0.2) is 0 Å². The molecule has 8 heteroatoms. The number of anilines is 1. The molecule has 1 aromatic heterocycles. The van der Waals surface area contributed by atoms with Crippen LogP contribution in [-0.2, 0) is 15.1 Å². The molecule has 2 fully saturated rings. The van der Waals surface area contributed by atoms with Gasteiger partial charge in [-0.2, -0.15) is 0 Å². The van der Waals surface area contributed by atoms with E-state index in [2.05, 4.69) is 35.1 Å². The molecule has 0 saturated carbocycles. The average Bonchev–Trinajstić information content (AvgIpc) is 3.48. The number of halogens is 1. The van der Waals surface area contributed by atoms with Gasteiger partial charge in [0.1, 0.15) is 11.4 Å². The standard InChI is InChI=1S/C30H25BrN4O3/c1-16(2)15-22-24-25(28(38)34(27(24)37)18-13-11-17(31)12-14-18)30(33-22)20-8-4-6-10-23(20)35-26(36)19-7-3-5-9-21(19)32-29(30)35/h3-14,16,22,24-25,33H,15H2,1-2H3. The fraction of sp³-hybridized carbons (Fsp3) is 0.267. The van der Waals surface area contributed by atoms with Crippen LogP contribution in [0, 0.1) is 17.8 Å². The van der Waals surface area contributed by atoms with Crippen molar-refractivity contribution < 1.29 is 9.59 Å². The van der Waals surface area contributed by atoms with Crippen LogP contribution in [0.15, 0.2) is 82.1 Å². The minimum Gasteiger partial charge on any atom is -0.297 e. The molecule has 4 heterocycles. The molecule has 3 aromatic carbocycles. The Morgan fingerprint density at radius 3 is 2.42 bits per heavy atom. The molecule has 0 aliphatic carbocycles. The fourth-order valence-corrected chi connectivity index (χ4v) is 7.04. The number of para-hydroxylation sites is 2. The van der Waals surface area contributed by atoms with Crippen molar-refractivity contribution in [1.29, 1.82) is 0 Å². The van der Waals surface area contributed by atoms with Crippen molar-refractivity contribution >= 4 is 44.3 Å². The predicted octanol–water partition coefficient (Wildman–Crippen LogP) is 4.53. The van der Waals surface area contributed by atoms with Gasteiger partial charge in [0.2, 0.25) is 11.8 Å². The zero-order chi connectivity index (χ0) is 26.3. The second-order valence-electron chi connectivity index (χ2n) is 10.8. The summed E-state index contributed by atoms with van der Waals surface area (Å²) < 4.78 is 2.50. The zero-order valence-electron chi connectivity index (χ0n) is 20.9. The van der Waals surface area contributed by atoms with Gasteiger partial charge < -0.3 is 0 Å². The molecule has 4 unspecified atom stereocenters. The first kappa shape index (κ1) is 23.5. The maximum absolute atomic E-state index is 14.4. The molecule has 190 valence electrons. The highest BCUT2D eigenvalue weighted by molar-refractivity contribution is 9.10. The summed E-state index contributed by atoms with van der Waals surface area (Å²) in [7, 11) is 0. The summed E-state index contributed by atoms with van der Waals surface area (Å²) in [6.07, 6.45) is 0.704. The summed E-state index contributed by atoms with van der Waals surface area (Å²) in [5, 5.41) is 4.26. The lowest BCUT2D eigenvalue weighted by atomic mass is 9.75. The van der Waals surface area contributed by atoms with Crippen LogP contribution in [0.1, 0.15) is 31.7 Å². The topological polar surface area (TPSA) is 84.3 Å². The van der Waals surface area contributed by atoms with E-state index in [4.69, 9.17) is 4.98 Å². The molecular formula is C30H25BrN4O3. The summed E-state index contributed by atoms with van der Waals surface area (Å²) in [5.74, 6) is -1.05. The molecule has 7 nitrogen and oxygen atoms in total. The Bertz CT molecular complexity index is 1710. The van der Waals surface area contributed by atoms with E-state index >= 15 is 0 Å². The van der Waals surface area contributed by atoms with E-state index in [1.165, 1.54) is 4.90 Å². The summed E-state index contributed by atoms with van der Waals surface area (Å²) in [4.78, 5) is 48.7. The number of imide groups is 1. The minimum atomic E-state index is -1.11. The molecule has 1 N–H and O–H groups in total. The molecule has 2 amide bonds. The van der Waals surface area contributed by atoms with Crippen molar-refractivity contribution in [2.75, 3.05) is 4.90 Å². The molecule has 7 rings (SSSR count). The number of hydrogen-bond donors (Lipinski definition) is 1. The van der Waals surface area contributed by atoms with Gasteiger partial charge in [-0.3, -0.25) is 24.3 Å². The molecule has 38 heavy (non-hydrogen) atoms. The van der Waals surface area contributed by atoms with E-state index in [0.29, 0.717) is 34.5 Å². The van der Waals surface area contributed by atoms with Crippen LogP contribution < -0.4 is 15.8 Å². The lowest BCUT2D eigenvalue weighted by molar-refractivity contribution is -0.123. The van der Waals surface area contributed by atoms with Crippen molar-refractivity contribution in [1.82, 2.24) is 14.9 Å². The molecule has 1 spiro atoms. The number of carbonyl (C=O) groups excluding carboxylic acids is 2. The number of carbonyl (C=O) groups is 2. The van der Waals surface area contributed by atoms with Crippen LogP contribution in [0.2, 0.25) is 0 Å². The number of aromatic nitrogens is 2. The van der Waals surface area contributed by atoms with Crippen molar-refractivity contribution in [3.8, 4) is 5.69 Å². The van der Waals surface area contributed by atoms with Crippen molar-refractivity contribution in [3.63, 3.8) is 0 Å². The van der Waals surface area contributed by atoms with Gasteiger partial charge in [0, 0.05) is 16.1 Å². The first-order valence-corrected chi connectivity index (χ1v) is 13.7. The Labute approximate surface area is 227 Å². The number of nitrogens with zero attached hydrogens (tertiary/aromatic N) is 3. The van der Waals surface area contributed by atoms with Gasteiger partial charge >= 0.3 is 0 Å². The third-order valence-corrected chi connectivity index (χ3v) is 8.70. The quantitative estimate of drug-likeness (QED) is 0.367. The number of rotatable bonds is 3. The molecule has 4 aromatic rings. The van der Waals surface area contributed by atoms with Gasteiger partial charge in [0.05, 0.1) is 34.1 Å². The normalized spacial score (nSPS) is 25.5. The summed E-state index contributed by atoms with van der Waals surface area (Å²) in [6.45, 7) is 4.23. The van der Waals surface area contributed by atoms with Crippen molar-refractivity contribution in [3.05, 3.63) is 99.0 Å². The Hall–Kier alpha value is -3.62. The summed E-state index contributed by atoms with van der Waals surface area (Å²) in [5.41, 5.74) is 1.34. The first-order chi connectivity index (χ1) is 18.3. The molecule has 3 aliphatic rings. The van der Waals surface area contributed by atoms with Crippen LogP contribution in [0.4, 0.5) is 5.69 Å². The highest BCUT2D eigenvalue weighted by Crippen LogP contribution is 2.56. The fourth-order valence-electron chi connectivity index (χ4n) is 6.77. The van der Waals surface area contributed by atoms with E-state index in [9.17, 15) is 14.4 Å². The maximum atomic E-state index is 14.4. The number of hydrogen-bond acceptors (Lipinski definition) is 5. The molecule has 0 radical (unpaired) electrons. The predicted molar refractivity (Wildman–Crippen MR) is 148 cm³/mol. The van der Waals surface area contributed by atoms with E-state index < -0.39 is 17.4 Å². The van der Waals surface area contributed by atoms with Gasteiger partial charge in [0.25, 0.3) is 5.56 Å². The largest absolute Gasteiger partial charge is 0.297 e. The lowest BCUT2D eigenvalue weighted by Gasteiger charge is -2.32. The summed E-state index contributed by atoms with van der Waals surface area (Å²) in [6, 6.07) is 21.9. The second-order valence-corrected chi connectivity index (χ2v) is 11.7. The van der Waals surface area contributed by atoms with E-state index in [1.54, 1.807) is 22.8 Å². The van der Waals surface area contributed by atoms with Crippen LogP contribution in [-0.4, -0.2) is 27.4 Å². The van der Waals surface area contributed by atoms with Crippen LogP contribution in [0.25, 0.3) is 16.6 Å². The maximum Gasteiger partial charge on any atom is 0.266 e. The van der Waals surface area contributed by atoms with E-state index in [1.807, 2.05) is 54.6 Å². The lowest BCUT2D eigenvalue weighted by Crippen LogP contribution is -2.50. The first-order valence-electron chi connectivity index (χ1n) is 12.9. The zero-order valence-corrected chi connectivity index (χ0v) is 22.5. The highest BCUT2D eigenvalue weighted by Gasteiger charge is 2.69. The Morgan fingerprint density at radius 1 is 0.947 bits per heavy atom. The van der Waals surface area contributed by atoms with Gasteiger partial charge in [-0.25, -0.2) is 9.88 Å². The third kappa shape index (κ3) is 2.98. The van der Waals surface area contributed by atoms with Crippen molar-refractivity contribution in [2.45, 2.75) is 31.8 Å². The number of amides is 2. The Morgan fingerprint density at radius 2 is 1.66 bits per heavy atom. The second kappa shape index (κ2) is 8.19. The molecule has 0 bridgehead atoms. The monoisotopic (exact) mass is 568 g/mol. The van der Waals surface area contributed by atoms with Gasteiger partial charge in [-0.1, -0.05) is 60.1 Å². The average molecular weight is 569 g/mol. The summed E-state index contributed by atoms with van der Waals surface area (Å²) >= 11 is 3.44. The van der Waals surface area contributed by atoms with Gasteiger partial charge in [-0.05, 0) is 54.8 Å². The smallest absolute Gasteiger partial charge is 0.266 e. The molecule has 2 saturated heterocycles. The van der Waals surface area contributed by atoms with Crippen LogP contribution in [0.5, 0.6) is 0 Å². The SMILES string of the molecule is CC(C)CC1NC2(c3ccccc3-n3c2nc2ccccc2c3=O)C2C(=O)N(c3ccc(Br)cc3)C(=O)C12. The molecule has 3 aliphatic heterocycles. The van der Waals surface area contributed by atoms with E-state index in [0.717, 1.165) is 10.0 Å². The third-order valence-electron chi connectivity index (χ3n) is 8.17. The minimum absolute atomic E-state index is 0.179. The molecule has 4 atom stereocenters. The molecular weight excluding hydrogens is 544 g/mol. The van der Waals surface area contributed by atoms with Crippen LogP contribution in [0.3, 0.4) is 0 Å². The number of fused-ring (bicyclic) bond motifs is 8. The Kier molecular flexibility index (Phi) is 5.06. The highest BCUT2D eigenvalue weighted by atomic mass is 79.9. The number of benzene rings is 3. The van der Waals surface area contributed by atoms with Crippen molar-refractivity contribution in [2.24, 2.45) is 17.8 Å². The van der Waals surface area contributed by atoms with Crippen LogP contribution >= 0.6 is 15.9 Å². The Balaban J connectivity index is 1.52. The van der Waals surface area contributed by atoms with Gasteiger partial charge in [-0.15, -0.1) is 0 Å². The van der Waals surface area contributed by atoms with E-state index in [-0.39, 0.29) is 29.3 Å².